The Hall–Kier alpha value is -2.64. The zero-order valence-electron chi connectivity index (χ0n) is 37.9. The Labute approximate surface area is 360 Å². The molecule has 0 amide bonds. The van der Waals surface area contributed by atoms with Crippen LogP contribution in [0, 0.1) is 25.7 Å². The molecule has 1 aromatic rings. The Kier molecular flexibility index (Phi) is 25.7. The zero-order valence-corrected chi connectivity index (χ0v) is 38.8. The Balaban J connectivity index is 1.78. The van der Waals surface area contributed by atoms with Gasteiger partial charge in [0.15, 0.2) is 6.10 Å². The lowest BCUT2D eigenvalue weighted by molar-refractivity contribution is -0.870. The second-order valence-electron chi connectivity index (χ2n) is 17.4. The summed E-state index contributed by atoms with van der Waals surface area (Å²) in [6.45, 7) is 8.13. The molecule has 2 rings (SSSR count). The zero-order chi connectivity index (χ0) is 44.6. The summed E-state index contributed by atoms with van der Waals surface area (Å²) >= 11 is 0. The molecule has 344 valence electrons. The van der Waals surface area contributed by atoms with Crippen molar-refractivity contribution in [3.63, 3.8) is 0 Å². The van der Waals surface area contributed by atoms with Gasteiger partial charge in [-0.2, -0.15) is 0 Å². The smallest absolute Gasteiger partial charge is 0.466 e. The molecule has 1 fully saturated rings. The van der Waals surface area contributed by atoms with E-state index in [9.17, 15) is 34.1 Å². The summed E-state index contributed by atoms with van der Waals surface area (Å²) in [6, 6.07) is 0. The first-order valence-corrected chi connectivity index (χ1v) is 24.0. The van der Waals surface area contributed by atoms with Crippen LogP contribution in [0.5, 0.6) is 0 Å². The summed E-state index contributed by atoms with van der Waals surface area (Å²) in [5, 5.41) is 20.7. The topological polar surface area (TPSA) is 179 Å². The van der Waals surface area contributed by atoms with Gasteiger partial charge in [0, 0.05) is 43.9 Å². The predicted octanol–water partition coefficient (Wildman–Crippen LogP) is 8.60. The van der Waals surface area contributed by atoms with E-state index in [-0.39, 0.29) is 50.1 Å². The normalized spacial score (nSPS) is 19.3. The van der Waals surface area contributed by atoms with Gasteiger partial charge in [0.2, 0.25) is 0 Å². The average molecular weight is 869 g/mol. The number of furan rings is 1. The molecule has 3 N–H and O–H groups in total. The number of aliphatic hydroxyl groups excluding tert-OH is 2. The van der Waals surface area contributed by atoms with E-state index in [2.05, 4.69) is 27.7 Å². The number of aryl methyl sites for hydroxylation is 2. The number of carbonyl (C=O) groups is 3. The standard InChI is InChI=1S/C46H78NO12P/c1-8-10-17-23-37(48)28-29-40-39(41(49)32-42(40)50)24-18-15-16-20-26-45(51)55-33-38(34-57-60(53,54)56-31-30-47(5,6)7)58-46(52)27-21-14-12-11-13-19-25-44-36(4)35(3)43(59-44)22-9-2/h15,18,28-29,37-40,42,48,50H,8-14,16-17,19-27,30-34H2,1-7H3/p+1/b18-15-,29-28+/t37-,38+,39+,40+,42+/m0/s1. The van der Waals surface area contributed by atoms with E-state index >= 15 is 0 Å². The van der Waals surface area contributed by atoms with E-state index in [0.29, 0.717) is 43.1 Å². The van der Waals surface area contributed by atoms with Crippen molar-refractivity contribution in [2.45, 2.75) is 168 Å². The van der Waals surface area contributed by atoms with E-state index < -0.39 is 44.7 Å². The number of phosphoric ester groups is 1. The number of ketones is 1. The van der Waals surface area contributed by atoms with E-state index in [4.69, 9.17) is 22.9 Å². The number of hydrogen-bond acceptors (Lipinski definition) is 11. The minimum Gasteiger partial charge on any atom is -0.466 e. The van der Waals surface area contributed by atoms with Gasteiger partial charge in [0.05, 0.1) is 40.0 Å². The molecule has 1 heterocycles. The lowest BCUT2D eigenvalue weighted by Gasteiger charge is -2.24. The van der Waals surface area contributed by atoms with Crippen LogP contribution >= 0.6 is 7.82 Å². The van der Waals surface area contributed by atoms with Crippen LogP contribution in [0.15, 0.2) is 28.7 Å². The molecule has 1 aliphatic rings. The van der Waals surface area contributed by atoms with Crippen LogP contribution in [-0.4, -0.2) is 103 Å². The van der Waals surface area contributed by atoms with Crippen LogP contribution in [0.3, 0.4) is 0 Å². The number of Topliss-reactive ketones (excluding diaryl/α,β-unsaturated/α-hetero) is 1. The van der Waals surface area contributed by atoms with Gasteiger partial charge in [-0.15, -0.1) is 0 Å². The maximum absolute atomic E-state index is 12.8. The molecule has 14 heteroatoms. The van der Waals surface area contributed by atoms with Gasteiger partial charge in [-0.05, 0) is 69.9 Å². The molecular weight excluding hydrogens is 789 g/mol. The number of nitrogens with zero attached hydrogens (tertiary/aromatic N) is 1. The van der Waals surface area contributed by atoms with Crippen molar-refractivity contribution in [1.29, 1.82) is 0 Å². The minimum atomic E-state index is -4.46. The number of esters is 2. The highest BCUT2D eigenvalue weighted by Gasteiger charge is 2.39. The molecule has 0 aliphatic heterocycles. The van der Waals surface area contributed by atoms with Gasteiger partial charge in [0.1, 0.15) is 37.1 Å². The number of rotatable bonds is 33. The van der Waals surface area contributed by atoms with Crippen molar-refractivity contribution < 1.29 is 61.5 Å². The van der Waals surface area contributed by atoms with Gasteiger partial charge in [-0.25, -0.2) is 4.57 Å². The predicted molar refractivity (Wildman–Crippen MR) is 233 cm³/mol. The molecular formula is C46H79NO12P+. The van der Waals surface area contributed by atoms with Crippen LogP contribution in [0.1, 0.15) is 146 Å². The third kappa shape index (κ3) is 22.5. The quantitative estimate of drug-likeness (QED) is 0.0202. The highest BCUT2D eigenvalue weighted by atomic mass is 31.2. The minimum absolute atomic E-state index is 0.00282. The molecule has 6 atom stereocenters. The molecule has 0 bridgehead atoms. The second kappa shape index (κ2) is 28.9. The fourth-order valence-corrected chi connectivity index (χ4v) is 7.90. The molecule has 1 aromatic heterocycles. The number of phosphoric acid groups is 1. The largest absolute Gasteiger partial charge is 0.472 e. The molecule has 60 heavy (non-hydrogen) atoms. The van der Waals surface area contributed by atoms with Crippen LogP contribution in [0.25, 0.3) is 0 Å². The number of unbranched alkanes of at least 4 members (excludes halogenated alkanes) is 8. The van der Waals surface area contributed by atoms with Crippen molar-refractivity contribution in [1.82, 2.24) is 0 Å². The Morgan fingerprint density at radius 3 is 2.22 bits per heavy atom. The molecule has 13 nitrogen and oxygen atoms in total. The molecule has 0 spiro atoms. The third-order valence-electron chi connectivity index (χ3n) is 11.0. The lowest BCUT2D eigenvalue weighted by atomic mass is 9.90. The SMILES string of the molecule is CCCCC[C@H](O)/C=C/[C@H]1[C@H](O)CC(=O)[C@@H]1C/C=C\CCCC(=O)OC[C@H](COP(=O)(O)OCC[N+](C)(C)C)OC(=O)CCCCCCCCc1oc(CCC)c(C)c1C. The molecule has 1 saturated carbocycles. The van der Waals surface area contributed by atoms with E-state index in [1.807, 2.05) is 33.3 Å². The summed E-state index contributed by atoms with van der Waals surface area (Å²) < 4.78 is 40.4. The third-order valence-corrected chi connectivity index (χ3v) is 12.0. The van der Waals surface area contributed by atoms with Gasteiger partial charge >= 0.3 is 19.8 Å². The fraction of sp³-hybridized carbons (Fsp3) is 0.761. The first-order valence-electron chi connectivity index (χ1n) is 22.5. The second-order valence-corrected chi connectivity index (χ2v) is 18.9. The highest BCUT2D eigenvalue weighted by molar-refractivity contribution is 7.47. The van der Waals surface area contributed by atoms with Gasteiger partial charge in [-0.1, -0.05) is 83.1 Å². The van der Waals surface area contributed by atoms with E-state index in [1.165, 1.54) is 11.1 Å². The molecule has 0 aromatic carbocycles. The first-order chi connectivity index (χ1) is 28.5. The van der Waals surface area contributed by atoms with Crippen molar-refractivity contribution in [2.75, 3.05) is 47.5 Å². The van der Waals surface area contributed by atoms with Crippen LogP contribution in [0.2, 0.25) is 0 Å². The number of hydrogen-bond donors (Lipinski definition) is 3. The molecule has 0 saturated heterocycles. The molecule has 1 aliphatic carbocycles. The molecule has 0 radical (unpaired) electrons. The van der Waals surface area contributed by atoms with Crippen molar-refractivity contribution in [2.24, 2.45) is 11.8 Å². The number of aliphatic hydroxyl groups is 2. The monoisotopic (exact) mass is 869 g/mol. The summed E-state index contributed by atoms with van der Waals surface area (Å²) in [7, 11) is 1.30. The van der Waals surface area contributed by atoms with E-state index in [1.54, 1.807) is 12.2 Å². The van der Waals surface area contributed by atoms with Gasteiger partial charge < -0.3 is 33.5 Å². The van der Waals surface area contributed by atoms with Gasteiger partial charge in [-0.3, -0.25) is 23.4 Å². The summed E-state index contributed by atoms with van der Waals surface area (Å²) in [4.78, 5) is 48.2. The van der Waals surface area contributed by atoms with Crippen molar-refractivity contribution in [3.8, 4) is 0 Å². The number of carbonyl (C=O) groups excluding carboxylic acids is 3. The van der Waals surface area contributed by atoms with E-state index in [0.717, 1.165) is 82.1 Å². The maximum Gasteiger partial charge on any atom is 0.472 e. The number of allylic oxidation sites excluding steroid dienone is 2. The lowest BCUT2D eigenvalue weighted by Crippen LogP contribution is -2.37. The fourth-order valence-electron chi connectivity index (χ4n) is 7.16. The van der Waals surface area contributed by atoms with Gasteiger partial charge in [0.25, 0.3) is 0 Å². The first kappa shape index (κ1) is 53.5. The Morgan fingerprint density at radius 2 is 1.53 bits per heavy atom. The number of quaternary nitrogens is 1. The maximum atomic E-state index is 12.8. The Bertz CT molecular complexity index is 1510. The average Bonchev–Trinajstić information content (AvgIpc) is 3.60. The number of ether oxygens (including phenoxy) is 2. The summed E-state index contributed by atoms with van der Waals surface area (Å²) in [5.41, 5.74) is 2.53. The molecule has 1 unspecified atom stereocenters. The van der Waals surface area contributed by atoms with Crippen LogP contribution in [0.4, 0.5) is 0 Å². The van der Waals surface area contributed by atoms with Crippen molar-refractivity contribution in [3.05, 3.63) is 47.0 Å². The van der Waals surface area contributed by atoms with Crippen LogP contribution in [-0.2, 0) is 50.3 Å². The van der Waals surface area contributed by atoms with Crippen molar-refractivity contribution >= 4 is 25.5 Å². The Morgan fingerprint density at radius 1 is 0.867 bits per heavy atom. The number of likely N-dealkylation sites (N-methyl/N-ethyl adjacent to an activating group) is 1. The summed E-state index contributed by atoms with van der Waals surface area (Å²) in [6.07, 6.45) is 18.9. The van der Waals surface area contributed by atoms with Crippen LogP contribution < -0.4 is 0 Å². The highest BCUT2D eigenvalue weighted by Crippen LogP contribution is 2.43. The summed E-state index contributed by atoms with van der Waals surface area (Å²) in [5.74, 6) is 0.447.